The molecule has 1 saturated carbocycles. The van der Waals surface area contributed by atoms with Crippen LogP contribution in [0.2, 0.25) is 0 Å². The van der Waals surface area contributed by atoms with Crippen molar-refractivity contribution >= 4 is 39.9 Å². The average Bonchev–Trinajstić information content (AvgIpc) is 2.79. The van der Waals surface area contributed by atoms with Crippen LogP contribution in [0.4, 0.5) is 5.69 Å². The quantitative estimate of drug-likeness (QED) is 0.297. The van der Waals surface area contributed by atoms with Crippen molar-refractivity contribution < 1.29 is 34.8 Å². The first kappa shape index (κ1) is 25.3. The van der Waals surface area contributed by atoms with Crippen molar-refractivity contribution in [2.45, 2.75) is 44.2 Å². The van der Waals surface area contributed by atoms with E-state index in [0.717, 1.165) is 23.9 Å². The SMILES string of the molecule is CCCCSC(=O)C1=C(O)C2(O)C(=O)C3=C(O)c4c(O)ccc(N(C)C)c4CC3CC2C(N)C1=O. The molecule has 9 nitrogen and oxygen atoms in total. The predicted molar refractivity (Wildman–Crippen MR) is 132 cm³/mol. The molecule has 3 aliphatic rings. The summed E-state index contributed by atoms with van der Waals surface area (Å²) in [4.78, 5) is 41.3. The van der Waals surface area contributed by atoms with E-state index >= 15 is 0 Å². The molecule has 0 spiro atoms. The number of aliphatic hydroxyl groups is 3. The van der Waals surface area contributed by atoms with E-state index in [1.54, 1.807) is 6.07 Å². The molecular weight excluding hydrogens is 472 g/mol. The number of phenolic OH excluding ortho intramolecular Hbond substituents is 1. The molecule has 35 heavy (non-hydrogen) atoms. The van der Waals surface area contributed by atoms with Crippen molar-refractivity contribution in [3.63, 3.8) is 0 Å². The Morgan fingerprint density at radius 2 is 1.91 bits per heavy atom. The van der Waals surface area contributed by atoms with E-state index in [4.69, 9.17) is 5.73 Å². The molecule has 188 valence electrons. The number of anilines is 1. The zero-order chi connectivity index (χ0) is 25.8. The largest absolute Gasteiger partial charge is 0.508 e. The summed E-state index contributed by atoms with van der Waals surface area (Å²) in [5, 5.41) is 43.4. The number of hydrogen-bond donors (Lipinski definition) is 5. The number of benzene rings is 1. The van der Waals surface area contributed by atoms with Gasteiger partial charge in [0.25, 0.3) is 0 Å². The summed E-state index contributed by atoms with van der Waals surface area (Å²) in [5.41, 5.74) is 4.18. The number of hydrogen-bond acceptors (Lipinski definition) is 10. The monoisotopic (exact) mass is 502 g/mol. The topological polar surface area (TPSA) is 161 Å². The lowest BCUT2D eigenvalue weighted by Crippen LogP contribution is -2.64. The minimum absolute atomic E-state index is 0.0189. The number of aromatic hydroxyl groups is 1. The van der Waals surface area contributed by atoms with E-state index in [1.165, 1.54) is 6.07 Å². The molecule has 0 aliphatic heterocycles. The number of carbonyl (C=O) groups is 3. The number of carbonyl (C=O) groups excluding carboxylic acids is 3. The molecule has 0 aromatic heterocycles. The van der Waals surface area contributed by atoms with E-state index in [9.17, 15) is 34.8 Å². The summed E-state index contributed by atoms with van der Waals surface area (Å²) in [6.07, 6.45) is 1.79. The van der Waals surface area contributed by atoms with Gasteiger partial charge in [-0.25, -0.2) is 0 Å². The third-order valence-corrected chi connectivity index (χ3v) is 8.24. The lowest BCUT2D eigenvalue weighted by Gasteiger charge is -2.48. The van der Waals surface area contributed by atoms with Crippen molar-refractivity contribution in [2.75, 3.05) is 24.7 Å². The van der Waals surface area contributed by atoms with Crippen LogP contribution in [0.5, 0.6) is 5.75 Å². The van der Waals surface area contributed by atoms with Crippen LogP contribution in [0, 0.1) is 11.8 Å². The van der Waals surface area contributed by atoms with Crippen LogP contribution in [0.25, 0.3) is 5.76 Å². The Morgan fingerprint density at radius 1 is 1.23 bits per heavy atom. The molecule has 1 aromatic carbocycles. The fourth-order valence-electron chi connectivity index (χ4n) is 5.46. The van der Waals surface area contributed by atoms with Crippen molar-refractivity contribution in [1.82, 2.24) is 0 Å². The smallest absolute Gasteiger partial charge is 0.226 e. The first-order chi connectivity index (χ1) is 16.5. The Balaban J connectivity index is 1.86. The van der Waals surface area contributed by atoms with Gasteiger partial charge in [-0.1, -0.05) is 25.1 Å². The number of unbranched alkanes of at least 4 members (excludes halogenated alkanes) is 1. The van der Waals surface area contributed by atoms with E-state index in [2.05, 4.69) is 0 Å². The molecule has 1 aromatic rings. The Morgan fingerprint density at radius 3 is 2.54 bits per heavy atom. The normalized spacial score (nSPS) is 28.0. The fraction of sp³-hybridized carbons (Fsp3) is 0.480. The molecule has 4 atom stereocenters. The minimum Gasteiger partial charge on any atom is -0.508 e. The maximum Gasteiger partial charge on any atom is 0.226 e. The third-order valence-electron chi connectivity index (χ3n) is 7.28. The van der Waals surface area contributed by atoms with Gasteiger partial charge < -0.3 is 31.1 Å². The summed E-state index contributed by atoms with van der Waals surface area (Å²) in [6.45, 7) is 1.94. The number of ketones is 2. The number of nitrogens with zero attached hydrogens (tertiary/aromatic N) is 1. The number of thioether (sulfide) groups is 1. The van der Waals surface area contributed by atoms with E-state index < -0.39 is 57.3 Å². The van der Waals surface area contributed by atoms with Crippen molar-refractivity contribution in [3.05, 3.63) is 40.2 Å². The molecule has 10 heteroatoms. The maximum absolute atomic E-state index is 13.7. The van der Waals surface area contributed by atoms with Gasteiger partial charge in [0.05, 0.1) is 11.6 Å². The number of aliphatic hydroxyl groups excluding tert-OH is 2. The van der Waals surface area contributed by atoms with Crippen LogP contribution in [0.15, 0.2) is 29.0 Å². The molecule has 0 saturated heterocycles. The van der Waals surface area contributed by atoms with Gasteiger partial charge in [0.2, 0.25) is 10.9 Å². The van der Waals surface area contributed by atoms with Crippen LogP contribution in [-0.2, 0) is 20.8 Å². The average molecular weight is 503 g/mol. The summed E-state index contributed by atoms with van der Waals surface area (Å²) in [5.74, 6) is -4.93. The van der Waals surface area contributed by atoms with Gasteiger partial charge in [0.1, 0.15) is 22.8 Å². The van der Waals surface area contributed by atoms with Crippen molar-refractivity contribution in [3.8, 4) is 5.75 Å². The summed E-state index contributed by atoms with van der Waals surface area (Å²) < 4.78 is 0. The second-order valence-corrected chi connectivity index (χ2v) is 10.6. The van der Waals surface area contributed by atoms with Crippen molar-refractivity contribution in [2.24, 2.45) is 17.6 Å². The van der Waals surface area contributed by atoms with Crippen LogP contribution >= 0.6 is 11.8 Å². The molecule has 0 bridgehead atoms. The van der Waals surface area contributed by atoms with Gasteiger partial charge in [-0.2, -0.15) is 0 Å². The van der Waals surface area contributed by atoms with Gasteiger partial charge >= 0.3 is 0 Å². The van der Waals surface area contributed by atoms with Gasteiger partial charge in [-0.05, 0) is 42.9 Å². The molecule has 0 radical (unpaired) electrons. The lowest BCUT2D eigenvalue weighted by atomic mass is 9.58. The van der Waals surface area contributed by atoms with E-state index in [0.29, 0.717) is 17.7 Å². The van der Waals surface area contributed by atoms with Gasteiger partial charge in [-0.3, -0.25) is 14.4 Å². The second-order valence-electron chi connectivity index (χ2n) is 9.56. The molecular formula is C25H30N2O7S. The maximum atomic E-state index is 13.7. The Hall–Kier alpha value is -2.82. The lowest BCUT2D eigenvalue weighted by molar-refractivity contribution is -0.149. The standard InChI is InChI=1S/C25H30N2O7S/c1-4-5-8-35-24(33)18-21(30)19(26)13-10-11-9-12-14(27(2)3)6-7-15(28)17(12)20(29)16(11)22(31)25(13,34)23(18)32/h6-7,11,13,19,28-29,32,34H,4-5,8-10,26H2,1-3H3. The molecule has 1 fully saturated rings. The highest BCUT2D eigenvalue weighted by Gasteiger charge is 2.63. The van der Waals surface area contributed by atoms with Gasteiger partial charge in [0.15, 0.2) is 11.4 Å². The van der Waals surface area contributed by atoms with Crippen molar-refractivity contribution in [1.29, 1.82) is 0 Å². The Bertz CT molecular complexity index is 1190. The number of Topliss-reactive ketones (excluding diaryl/α,β-unsaturated/α-hetero) is 2. The van der Waals surface area contributed by atoms with E-state index in [-0.39, 0.29) is 29.7 Å². The summed E-state index contributed by atoms with van der Waals surface area (Å²) >= 11 is 0.822. The zero-order valence-electron chi connectivity index (χ0n) is 19.9. The molecule has 6 N–H and O–H groups in total. The highest BCUT2D eigenvalue weighted by Crippen LogP contribution is 2.53. The molecule has 4 rings (SSSR count). The fourth-order valence-corrected chi connectivity index (χ4v) is 6.42. The van der Waals surface area contributed by atoms with Crippen LogP contribution in [-0.4, -0.2) is 68.6 Å². The first-order valence-electron chi connectivity index (χ1n) is 11.6. The molecule has 3 aliphatic carbocycles. The summed E-state index contributed by atoms with van der Waals surface area (Å²) in [6, 6.07) is 1.73. The van der Waals surface area contributed by atoms with Crippen LogP contribution in [0.1, 0.15) is 37.3 Å². The highest BCUT2D eigenvalue weighted by molar-refractivity contribution is 8.14. The van der Waals surface area contributed by atoms with Gasteiger partial charge in [-0.15, -0.1) is 0 Å². The summed E-state index contributed by atoms with van der Waals surface area (Å²) in [7, 11) is 3.62. The Labute approximate surface area is 207 Å². The van der Waals surface area contributed by atoms with E-state index in [1.807, 2.05) is 25.9 Å². The first-order valence-corrected chi connectivity index (χ1v) is 12.6. The second kappa shape index (κ2) is 9.00. The minimum atomic E-state index is -2.63. The van der Waals surface area contributed by atoms with Crippen LogP contribution < -0.4 is 10.6 Å². The molecule has 0 heterocycles. The van der Waals surface area contributed by atoms with Crippen LogP contribution in [0.3, 0.4) is 0 Å². The zero-order valence-corrected chi connectivity index (χ0v) is 20.7. The van der Waals surface area contributed by atoms with Gasteiger partial charge in [0, 0.05) is 37.0 Å². The number of rotatable bonds is 5. The highest BCUT2D eigenvalue weighted by atomic mass is 32.2. The third kappa shape index (κ3) is 3.66. The number of nitrogens with two attached hydrogens (primary N) is 1. The number of phenols is 1. The molecule has 0 amide bonds. The molecule has 4 unspecified atom stereocenters. The number of fused-ring (bicyclic) bond motifs is 3. The predicted octanol–water partition coefficient (Wildman–Crippen LogP) is 2.00. The Kier molecular flexibility index (Phi) is 6.50.